The van der Waals surface area contributed by atoms with Crippen molar-refractivity contribution in [3.63, 3.8) is 0 Å². The van der Waals surface area contributed by atoms with Crippen LogP contribution in [0.2, 0.25) is 5.02 Å². The molecule has 6 heteroatoms. The van der Waals surface area contributed by atoms with Crippen LogP contribution in [0.4, 0.5) is 5.69 Å². The average Bonchev–Trinajstić information content (AvgIpc) is 2.89. The van der Waals surface area contributed by atoms with Crippen LogP contribution in [-0.4, -0.2) is 30.1 Å². The molecule has 3 N–H and O–H groups in total. The summed E-state index contributed by atoms with van der Waals surface area (Å²) < 4.78 is 0. The van der Waals surface area contributed by atoms with Crippen molar-refractivity contribution in [3.05, 3.63) is 28.8 Å². The fourth-order valence-corrected chi connectivity index (χ4v) is 2.61. The molecule has 0 aliphatic carbocycles. The van der Waals surface area contributed by atoms with Gasteiger partial charge in [-0.1, -0.05) is 17.7 Å². The molecule has 1 heterocycles. The average molecular weight is 297 g/mol. The topological polar surface area (TPSA) is 78.4 Å². The fourth-order valence-electron chi connectivity index (χ4n) is 2.35. The van der Waals surface area contributed by atoms with E-state index in [2.05, 4.69) is 10.6 Å². The molecule has 1 aromatic carbocycles. The Kier molecular flexibility index (Phi) is 4.98. The Morgan fingerprint density at radius 3 is 2.90 bits per heavy atom. The van der Waals surface area contributed by atoms with Crippen LogP contribution >= 0.6 is 11.6 Å². The van der Waals surface area contributed by atoms with E-state index in [-0.39, 0.29) is 22.2 Å². The van der Waals surface area contributed by atoms with Crippen molar-refractivity contribution in [3.8, 4) is 0 Å². The Balaban J connectivity index is 1.96. The maximum Gasteiger partial charge on any atom is 0.339 e. The Labute approximate surface area is 122 Å². The number of anilines is 1. The molecule has 1 aliphatic heterocycles. The van der Waals surface area contributed by atoms with E-state index in [1.807, 2.05) is 0 Å². The van der Waals surface area contributed by atoms with Gasteiger partial charge in [-0.3, -0.25) is 4.79 Å². The first-order valence-electron chi connectivity index (χ1n) is 6.60. The lowest BCUT2D eigenvalue weighted by Gasteiger charge is -2.11. The van der Waals surface area contributed by atoms with Crippen molar-refractivity contribution in [1.29, 1.82) is 0 Å². The number of rotatable bonds is 5. The number of carbonyl (C=O) groups excluding carboxylic acids is 1. The standard InChI is InChI=1S/C14H17ClN2O3/c15-10-2-1-3-11(13(10)14(19)20)17-12(18)5-4-9-6-7-16-8-9/h1-3,9,16H,4-8H2,(H,17,18)(H,19,20). The summed E-state index contributed by atoms with van der Waals surface area (Å²) in [4.78, 5) is 23.0. The van der Waals surface area contributed by atoms with E-state index in [0.717, 1.165) is 25.9 Å². The lowest BCUT2D eigenvalue weighted by molar-refractivity contribution is -0.116. The summed E-state index contributed by atoms with van der Waals surface area (Å²) >= 11 is 5.85. The van der Waals surface area contributed by atoms with E-state index in [0.29, 0.717) is 12.3 Å². The van der Waals surface area contributed by atoms with Crippen molar-refractivity contribution in [1.82, 2.24) is 5.32 Å². The summed E-state index contributed by atoms with van der Waals surface area (Å²) in [6.45, 7) is 1.95. The van der Waals surface area contributed by atoms with Crippen molar-refractivity contribution < 1.29 is 14.7 Å². The number of aromatic carboxylic acids is 1. The van der Waals surface area contributed by atoms with Gasteiger partial charge >= 0.3 is 5.97 Å². The summed E-state index contributed by atoms with van der Waals surface area (Å²) in [5, 5.41) is 15.1. The van der Waals surface area contributed by atoms with Crippen LogP contribution < -0.4 is 10.6 Å². The predicted octanol–water partition coefficient (Wildman–Crippen LogP) is 2.37. The van der Waals surface area contributed by atoms with Gasteiger partial charge in [0, 0.05) is 6.42 Å². The minimum Gasteiger partial charge on any atom is -0.478 e. The zero-order valence-corrected chi connectivity index (χ0v) is 11.7. The molecule has 0 aromatic heterocycles. The van der Waals surface area contributed by atoms with Gasteiger partial charge in [-0.25, -0.2) is 4.79 Å². The lowest BCUT2D eigenvalue weighted by Crippen LogP contribution is -2.17. The highest BCUT2D eigenvalue weighted by atomic mass is 35.5. The van der Waals surface area contributed by atoms with E-state index in [9.17, 15) is 9.59 Å². The quantitative estimate of drug-likeness (QED) is 0.779. The fraction of sp³-hybridized carbons (Fsp3) is 0.429. The number of nitrogens with one attached hydrogen (secondary N) is 2. The van der Waals surface area contributed by atoms with Crippen molar-refractivity contribution in [2.75, 3.05) is 18.4 Å². The van der Waals surface area contributed by atoms with Gasteiger partial charge in [-0.2, -0.15) is 0 Å². The number of amides is 1. The van der Waals surface area contributed by atoms with Crippen LogP contribution in [0.25, 0.3) is 0 Å². The highest BCUT2D eigenvalue weighted by Gasteiger charge is 2.18. The van der Waals surface area contributed by atoms with E-state index < -0.39 is 5.97 Å². The van der Waals surface area contributed by atoms with Gasteiger partial charge in [-0.15, -0.1) is 0 Å². The zero-order chi connectivity index (χ0) is 14.5. The van der Waals surface area contributed by atoms with E-state index >= 15 is 0 Å². The van der Waals surface area contributed by atoms with Gasteiger partial charge in [0.25, 0.3) is 0 Å². The van der Waals surface area contributed by atoms with Crippen LogP contribution in [0, 0.1) is 5.92 Å². The molecule has 20 heavy (non-hydrogen) atoms. The molecule has 0 radical (unpaired) electrons. The Hall–Kier alpha value is -1.59. The van der Waals surface area contributed by atoms with Crippen LogP contribution in [-0.2, 0) is 4.79 Å². The number of hydrogen-bond acceptors (Lipinski definition) is 3. The molecular weight excluding hydrogens is 280 g/mol. The van der Waals surface area contributed by atoms with Gasteiger partial charge in [0.05, 0.1) is 10.7 Å². The Bertz CT molecular complexity index is 513. The number of carboxylic acids is 1. The largest absolute Gasteiger partial charge is 0.478 e. The number of hydrogen-bond donors (Lipinski definition) is 3. The maximum atomic E-state index is 11.9. The van der Waals surface area contributed by atoms with Gasteiger partial charge in [-0.05, 0) is 44.0 Å². The SMILES string of the molecule is O=C(CCC1CCNC1)Nc1cccc(Cl)c1C(=O)O. The summed E-state index contributed by atoms with van der Waals surface area (Å²) in [7, 11) is 0. The molecule has 1 aromatic rings. The molecule has 0 bridgehead atoms. The second-order valence-corrected chi connectivity index (χ2v) is 5.32. The van der Waals surface area contributed by atoms with Crippen molar-refractivity contribution in [2.24, 2.45) is 5.92 Å². The number of carbonyl (C=O) groups is 2. The maximum absolute atomic E-state index is 11.9. The van der Waals surface area contributed by atoms with E-state index in [1.54, 1.807) is 12.1 Å². The smallest absolute Gasteiger partial charge is 0.339 e. The van der Waals surface area contributed by atoms with Gasteiger partial charge in [0.15, 0.2) is 0 Å². The third-order valence-corrected chi connectivity index (χ3v) is 3.76. The molecule has 0 saturated carbocycles. The van der Waals surface area contributed by atoms with E-state index in [1.165, 1.54) is 6.07 Å². The molecule has 1 unspecified atom stereocenters. The first kappa shape index (κ1) is 14.8. The predicted molar refractivity (Wildman–Crippen MR) is 77.3 cm³/mol. The summed E-state index contributed by atoms with van der Waals surface area (Å²) in [5.41, 5.74) is 0.185. The first-order chi connectivity index (χ1) is 9.58. The number of benzene rings is 1. The molecule has 2 rings (SSSR count). The zero-order valence-electron chi connectivity index (χ0n) is 11.0. The Morgan fingerprint density at radius 1 is 1.45 bits per heavy atom. The second-order valence-electron chi connectivity index (χ2n) is 4.91. The minimum absolute atomic E-state index is 0.0648. The van der Waals surface area contributed by atoms with Crippen LogP contribution in [0.1, 0.15) is 29.6 Å². The number of carboxylic acid groups (broad SMARTS) is 1. The summed E-state index contributed by atoms with van der Waals surface area (Å²) in [6, 6.07) is 4.65. The molecule has 108 valence electrons. The highest BCUT2D eigenvalue weighted by molar-refractivity contribution is 6.34. The molecule has 1 saturated heterocycles. The van der Waals surface area contributed by atoms with Gasteiger partial charge in [0.2, 0.25) is 5.91 Å². The molecular formula is C14H17ClN2O3. The first-order valence-corrected chi connectivity index (χ1v) is 6.98. The van der Waals surface area contributed by atoms with Crippen molar-refractivity contribution in [2.45, 2.75) is 19.3 Å². The normalized spacial score (nSPS) is 17.9. The summed E-state index contributed by atoms with van der Waals surface area (Å²) in [5.74, 6) is -0.799. The summed E-state index contributed by atoms with van der Waals surface area (Å²) in [6.07, 6.45) is 2.28. The van der Waals surface area contributed by atoms with Crippen LogP contribution in [0.5, 0.6) is 0 Å². The molecule has 1 aliphatic rings. The van der Waals surface area contributed by atoms with Gasteiger partial charge in [0.1, 0.15) is 5.56 Å². The molecule has 1 atom stereocenters. The Morgan fingerprint density at radius 2 is 2.25 bits per heavy atom. The van der Waals surface area contributed by atoms with Crippen molar-refractivity contribution >= 4 is 29.2 Å². The second kappa shape index (κ2) is 6.72. The molecule has 1 fully saturated rings. The minimum atomic E-state index is -1.15. The van der Waals surface area contributed by atoms with Crippen LogP contribution in [0.3, 0.4) is 0 Å². The molecule has 5 nitrogen and oxygen atoms in total. The number of halogens is 1. The van der Waals surface area contributed by atoms with Gasteiger partial charge < -0.3 is 15.7 Å². The third kappa shape index (κ3) is 3.71. The van der Waals surface area contributed by atoms with E-state index in [4.69, 9.17) is 16.7 Å². The lowest BCUT2D eigenvalue weighted by atomic mass is 10.0. The molecule has 0 spiro atoms. The highest BCUT2D eigenvalue weighted by Crippen LogP contribution is 2.25. The third-order valence-electron chi connectivity index (χ3n) is 3.44. The van der Waals surface area contributed by atoms with Crippen LogP contribution in [0.15, 0.2) is 18.2 Å². The monoisotopic (exact) mass is 296 g/mol. The molecule has 1 amide bonds.